The average molecular weight is 306 g/mol. The predicted molar refractivity (Wildman–Crippen MR) is 76.6 cm³/mol. The summed E-state index contributed by atoms with van der Waals surface area (Å²) in [4.78, 5) is 10.9. The second-order valence-corrected chi connectivity index (χ2v) is 6.15. The number of hydrogen-bond acceptors (Lipinski definition) is 4. The van der Waals surface area contributed by atoms with E-state index in [1.165, 1.54) is 24.3 Å². The summed E-state index contributed by atoms with van der Waals surface area (Å²) in [5.41, 5.74) is 1.51. The van der Waals surface area contributed by atoms with E-state index in [1.807, 2.05) is 6.92 Å². The van der Waals surface area contributed by atoms with Crippen LogP contribution in [0.4, 0.5) is 0 Å². The Bertz CT molecular complexity index is 748. The van der Waals surface area contributed by atoms with Crippen molar-refractivity contribution in [1.82, 2.24) is 0 Å². The van der Waals surface area contributed by atoms with Gasteiger partial charge in [0.25, 0.3) is 10.1 Å². The molecule has 21 heavy (non-hydrogen) atoms. The highest BCUT2D eigenvalue weighted by molar-refractivity contribution is 7.86. The Balaban J connectivity index is 2.13. The molecule has 0 fully saturated rings. The van der Waals surface area contributed by atoms with E-state index >= 15 is 0 Å². The number of benzene rings is 2. The maximum atomic E-state index is 12.0. The lowest BCUT2D eigenvalue weighted by Crippen LogP contribution is -2.07. The first-order valence-corrected chi connectivity index (χ1v) is 7.58. The van der Waals surface area contributed by atoms with Crippen molar-refractivity contribution in [2.75, 3.05) is 0 Å². The first kappa shape index (κ1) is 15.2. The SMILES string of the molecule is Cc1ccc(S(=O)(=O)OCc2cccc(C(=O)O)c2)cc1. The number of aromatic carboxylic acids is 1. The van der Waals surface area contributed by atoms with Gasteiger partial charge in [0.1, 0.15) is 0 Å². The number of aryl methyl sites for hydroxylation is 1. The van der Waals surface area contributed by atoms with Crippen molar-refractivity contribution in [1.29, 1.82) is 0 Å². The third kappa shape index (κ3) is 3.90. The second-order valence-electron chi connectivity index (χ2n) is 4.53. The van der Waals surface area contributed by atoms with Gasteiger partial charge in [-0.2, -0.15) is 8.42 Å². The zero-order valence-electron chi connectivity index (χ0n) is 11.3. The summed E-state index contributed by atoms with van der Waals surface area (Å²) < 4.78 is 28.9. The van der Waals surface area contributed by atoms with Gasteiger partial charge in [-0.1, -0.05) is 29.8 Å². The van der Waals surface area contributed by atoms with E-state index in [-0.39, 0.29) is 17.1 Å². The van der Waals surface area contributed by atoms with E-state index < -0.39 is 16.1 Å². The number of hydrogen-bond donors (Lipinski definition) is 1. The van der Waals surface area contributed by atoms with Gasteiger partial charge in [-0.05, 0) is 36.8 Å². The summed E-state index contributed by atoms with van der Waals surface area (Å²) in [6.45, 7) is 1.64. The lowest BCUT2D eigenvalue weighted by atomic mass is 10.1. The maximum absolute atomic E-state index is 12.0. The van der Waals surface area contributed by atoms with Crippen LogP contribution < -0.4 is 0 Å². The lowest BCUT2D eigenvalue weighted by Gasteiger charge is -2.06. The highest BCUT2D eigenvalue weighted by Gasteiger charge is 2.15. The average Bonchev–Trinajstić information content (AvgIpc) is 2.46. The zero-order chi connectivity index (χ0) is 15.5. The molecule has 0 spiro atoms. The fraction of sp³-hybridized carbons (Fsp3) is 0.133. The summed E-state index contributed by atoms with van der Waals surface area (Å²) in [5.74, 6) is -1.07. The maximum Gasteiger partial charge on any atom is 0.335 e. The van der Waals surface area contributed by atoms with Gasteiger partial charge >= 0.3 is 5.97 Å². The van der Waals surface area contributed by atoms with Gasteiger partial charge in [-0.3, -0.25) is 4.18 Å². The van der Waals surface area contributed by atoms with E-state index in [0.29, 0.717) is 5.56 Å². The lowest BCUT2D eigenvalue weighted by molar-refractivity contribution is 0.0696. The molecule has 0 heterocycles. The Labute approximate surface area is 122 Å². The van der Waals surface area contributed by atoms with Crippen LogP contribution in [0.15, 0.2) is 53.4 Å². The van der Waals surface area contributed by atoms with Crippen molar-refractivity contribution in [3.63, 3.8) is 0 Å². The van der Waals surface area contributed by atoms with Gasteiger partial charge in [0.15, 0.2) is 0 Å². The topological polar surface area (TPSA) is 80.7 Å². The number of carboxylic acids is 1. The summed E-state index contributed by atoms with van der Waals surface area (Å²) in [7, 11) is -3.86. The van der Waals surface area contributed by atoms with Crippen LogP contribution in [-0.4, -0.2) is 19.5 Å². The van der Waals surface area contributed by atoms with Crippen LogP contribution in [0.25, 0.3) is 0 Å². The fourth-order valence-electron chi connectivity index (χ4n) is 1.71. The van der Waals surface area contributed by atoms with Crippen LogP contribution in [0.1, 0.15) is 21.5 Å². The normalized spacial score (nSPS) is 11.3. The molecule has 0 radical (unpaired) electrons. The third-order valence-corrected chi connectivity index (χ3v) is 4.14. The molecule has 0 saturated carbocycles. The molecule has 0 aliphatic rings. The largest absolute Gasteiger partial charge is 0.478 e. The molecule has 2 aromatic carbocycles. The Morgan fingerprint density at radius 2 is 1.81 bits per heavy atom. The molecule has 6 heteroatoms. The summed E-state index contributed by atoms with van der Waals surface area (Å²) in [6, 6.07) is 12.3. The predicted octanol–water partition coefficient (Wildman–Crippen LogP) is 2.60. The quantitative estimate of drug-likeness (QED) is 0.859. The number of rotatable bonds is 5. The third-order valence-electron chi connectivity index (χ3n) is 2.86. The molecule has 0 aliphatic carbocycles. The van der Waals surface area contributed by atoms with E-state index in [9.17, 15) is 13.2 Å². The summed E-state index contributed by atoms with van der Waals surface area (Å²) >= 11 is 0. The minimum Gasteiger partial charge on any atom is -0.478 e. The number of carboxylic acid groups (broad SMARTS) is 1. The van der Waals surface area contributed by atoms with Gasteiger partial charge in [0.2, 0.25) is 0 Å². The molecular weight excluding hydrogens is 292 g/mol. The Kier molecular flexibility index (Phi) is 4.40. The zero-order valence-corrected chi connectivity index (χ0v) is 12.1. The van der Waals surface area contributed by atoms with Crippen LogP contribution >= 0.6 is 0 Å². The van der Waals surface area contributed by atoms with Gasteiger partial charge in [0, 0.05) is 0 Å². The van der Waals surface area contributed by atoms with Gasteiger partial charge < -0.3 is 5.11 Å². The van der Waals surface area contributed by atoms with Crippen LogP contribution in [-0.2, 0) is 20.9 Å². The van der Waals surface area contributed by atoms with Gasteiger partial charge in [0.05, 0.1) is 17.1 Å². The van der Waals surface area contributed by atoms with Crippen molar-refractivity contribution in [3.8, 4) is 0 Å². The van der Waals surface area contributed by atoms with Crippen molar-refractivity contribution in [3.05, 3.63) is 65.2 Å². The molecule has 0 bridgehead atoms. The van der Waals surface area contributed by atoms with Crippen molar-refractivity contribution in [2.24, 2.45) is 0 Å². The molecule has 2 rings (SSSR count). The minimum absolute atomic E-state index is 0.0717. The Morgan fingerprint density at radius 3 is 2.43 bits per heavy atom. The molecule has 110 valence electrons. The molecule has 2 aromatic rings. The molecule has 0 amide bonds. The highest BCUT2D eigenvalue weighted by Crippen LogP contribution is 2.16. The first-order chi connectivity index (χ1) is 9.88. The molecule has 0 aliphatic heterocycles. The van der Waals surface area contributed by atoms with Gasteiger partial charge in [-0.25, -0.2) is 4.79 Å². The molecule has 0 saturated heterocycles. The van der Waals surface area contributed by atoms with E-state index in [2.05, 4.69) is 0 Å². The van der Waals surface area contributed by atoms with Crippen LogP contribution in [0.3, 0.4) is 0 Å². The monoisotopic (exact) mass is 306 g/mol. The Morgan fingerprint density at radius 1 is 1.14 bits per heavy atom. The number of carbonyl (C=O) groups is 1. The van der Waals surface area contributed by atoms with Crippen LogP contribution in [0, 0.1) is 6.92 Å². The van der Waals surface area contributed by atoms with Crippen molar-refractivity contribution in [2.45, 2.75) is 18.4 Å². The molecule has 0 atom stereocenters. The smallest absolute Gasteiger partial charge is 0.335 e. The van der Waals surface area contributed by atoms with Gasteiger partial charge in [-0.15, -0.1) is 0 Å². The van der Waals surface area contributed by atoms with E-state index in [1.54, 1.807) is 24.3 Å². The van der Waals surface area contributed by atoms with Crippen LogP contribution in [0.5, 0.6) is 0 Å². The standard InChI is InChI=1S/C15H14O5S/c1-11-5-7-14(8-6-11)21(18,19)20-10-12-3-2-4-13(9-12)15(16)17/h2-9H,10H2,1H3,(H,16,17). The second kappa shape index (κ2) is 6.07. The molecular formula is C15H14O5S. The Hall–Kier alpha value is -2.18. The first-order valence-electron chi connectivity index (χ1n) is 6.17. The molecule has 5 nitrogen and oxygen atoms in total. The van der Waals surface area contributed by atoms with Crippen molar-refractivity contribution < 1.29 is 22.5 Å². The summed E-state index contributed by atoms with van der Waals surface area (Å²) in [5, 5.41) is 8.88. The molecule has 0 unspecified atom stereocenters. The minimum atomic E-state index is -3.86. The van der Waals surface area contributed by atoms with E-state index in [4.69, 9.17) is 9.29 Å². The van der Waals surface area contributed by atoms with Crippen LogP contribution in [0.2, 0.25) is 0 Å². The van der Waals surface area contributed by atoms with E-state index in [0.717, 1.165) is 5.56 Å². The van der Waals surface area contributed by atoms with Crippen molar-refractivity contribution >= 4 is 16.1 Å². The fourth-order valence-corrected chi connectivity index (χ4v) is 2.61. The molecule has 0 aromatic heterocycles. The molecule has 1 N–H and O–H groups in total. The summed E-state index contributed by atoms with van der Waals surface area (Å²) in [6.07, 6.45) is 0. The highest BCUT2D eigenvalue weighted by atomic mass is 32.2.